The lowest BCUT2D eigenvalue weighted by atomic mass is 9.60. The molecule has 3 aromatic heterocycles. The number of hydrogen-bond donors (Lipinski definition) is 0. The van der Waals surface area contributed by atoms with Crippen LogP contribution >= 0.6 is 0 Å². The summed E-state index contributed by atoms with van der Waals surface area (Å²) >= 11 is 0. The Morgan fingerprint density at radius 1 is 0.436 bits per heavy atom. The second-order valence-corrected chi connectivity index (χ2v) is 14.6. The van der Waals surface area contributed by atoms with Gasteiger partial charge in [-0.05, 0) is 47.5 Å². The van der Waals surface area contributed by atoms with Crippen LogP contribution < -0.4 is 27.3 Å². The smallest absolute Gasteiger partial charge is 0.167 e. The summed E-state index contributed by atoms with van der Waals surface area (Å²) in [5.41, 5.74) is 16.3. The fourth-order valence-electron chi connectivity index (χ4n) is 8.39. The van der Waals surface area contributed by atoms with Crippen molar-refractivity contribution in [1.29, 1.82) is 0 Å². The van der Waals surface area contributed by atoms with Gasteiger partial charge in [0, 0.05) is 27.3 Å². The molecule has 0 saturated heterocycles. The number of fused-ring (bicyclic) bond motifs is 6. The van der Waals surface area contributed by atoms with Crippen molar-refractivity contribution in [2.75, 3.05) is 0 Å². The molecule has 0 fully saturated rings. The van der Waals surface area contributed by atoms with Gasteiger partial charge in [0.2, 0.25) is 0 Å². The molecule has 0 bridgehead atoms. The van der Waals surface area contributed by atoms with Crippen molar-refractivity contribution in [1.82, 2.24) is 19.5 Å². The van der Waals surface area contributed by atoms with Crippen LogP contribution in [0.25, 0.3) is 94.7 Å². The van der Waals surface area contributed by atoms with Crippen LogP contribution in [0.2, 0.25) is 0 Å². The van der Waals surface area contributed by atoms with Crippen LogP contribution in [0.3, 0.4) is 0 Å². The first-order valence-corrected chi connectivity index (χ1v) is 18.8. The van der Waals surface area contributed by atoms with E-state index < -0.39 is 0 Å². The maximum atomic E-state index is 6.86. The molecule has 7 aromatic carbocycles. The largest absolute Gasteiger partial charge is 0.455 e. The predicted octanol–water partition coefficient (Wildman–Crippen LogP) is 2.83. The Morgan fingerprint density at radius 3 is 1.80 bits per heavy atom. The molecule has 0 N–H and O–H groups in total. The van der Waals surface area contributed by atoms with Crippen LogP contribution in [-0.2, 0) is 0 Å². The summed E-state index contributed by atoms with van der Waals surface area (Å²) < 4.78 is 9.24. The van der Waals surface area contributed by atoms with Gasteiger partial charge >= 0.3 is 0 Å². The van der Waals surface area contributed by atoms with Gasteiger partial charge in [0.25, 0.3) is 0 Å². The third-order valence-electron chi connectivity index (χ3n) is 11.7. The van der Waals surface area contributed by atoms with Crippen molar-refractivity contribution in [3.8, 4) is 51.0 Å². The molecule has 0 unspecified atom stereocenters. The molecule has 5 nitrogen and oxygen atoms in total. The molecule has 10 heteroatoms. The zero-order valence-electron chi connectivity index (χ0n) is 31.5. The highest BCUT2D eigenvalue weighted by atomic mass is 16.3. The lowest BCUT2D eigenvalue weighted by molar-refractivity contribution is 0.669. The molecule has 10 aromatic rings. The van der Waals surface area contributed by atoms with Crippen LogP contribution in [0.4, 0.5) is 0 Å². The third-order valence-corrected chi connectivity index (χ3v) is 11.7. The van der Waals surface area contributed by atoms with Gasteiger partial charge in [-0.3, -0.25) is 0 Å². The number of aromatic nitrogens is 4. The van der Waals surface area contributed by atoms with Gasteiger partial charge < -0.3 is 8.98 Å². The van der Waals surface area contributed by atoms with Crippen LogP contribution in [0.15, 0.2) is 144 Å². The molecule has 3 heterocycles. The molecule has 0 aliphatic heterocycles. The zero-order chi connectivity index (χ0) is 37.4. The van der Waals surface area contributed by atoms with E-state index in [2.05, 4.69) is 165 Å². The van der Waals surface area contributed by atoms with Crippen molar-refractivity contribution in [3.05, 3.63) is 140 Å². The van der Waals surface area contributed by atoms with Crippen molar-refractivity contribution >= 4 is 110 Å². The molecule has 0 aliphatic rings. The number of para-hydroxylation sites is 2. The lowest BCUT2D eigenvalue weighted by Crippen LogP contribution is -2.55. The highest BCUT2D eigenvalue weighted by Crippen LogP contribution is 2.41. The Hall–Kier alpha value is -6.53. The van der Waals surface area contributed by atoms with Crippen molar-refractivity contribution in [2.24, 2.45) is 0 Å². The van der Waals surface area contributed by atoms with Crippen molar-refractivity contribution in [2.45, 2.75) is 0 Å². The summed E-state index contributed by atoms with van der Waals surface area (Å²) in [6.45, 7) is 0. The van der Waals surface area contributed by atoms with Crippen molar-refractivity contribution < 1.29 is 4.42 Å². The molecule has 0 saturated carbocycles. The highest BCUT2D eigenvalue weighted by Gasteiger charge is 2.23. The summed E-state index contributed by atoms with van der Waals surface area (Å²) in [4.78, 5) is 15.5. The molecule has 254 valence electrons. The first-order chi connectivity index (χ1) is 26.9. The zero-order valence-corrected chi connectivity index (χ0v) is 31.5. The maximum Gasteiger partial charge on any atom is 0.167 e. The first-order valence-electron chi connectivity index (χ1n) is 18.8. The van der Waals surface area contributed by atoms with E-state index in [0.29, 0.717) is 17.5 Å². The van der Waals surface area contributed by atoms with Gasteiger partial charge in [-0.15, -0.1) is 16.4 Å². The SMILES string of the molecule is Bc1c(B)c(B)c(-c2nc(-c3ccccc3)nc(-c3cccc4c3oc3cccc(-n5c6ccccc6c6cc(-c7ccccc7)ccc65)c34)n2)c(B)c1B. The van der Waals surface area contributed by atoms with Gasteiger partial charge in [0.05, 0.1) is 27.7 Å². The van der Waals surface area contributed by atoms with Crippen LogP contribution in [0, 0.1) is 0 Å². The van der Waals surface area contributed by atoms with E-state index in [0.717, 1.165) is 55.3 Å². The molecule has 0 atom stereocenters. The van der Waals surface area contributed by atoms with E-state index in [9.17, 15) is 0 Å². The van der Waals surface area contributed by atoms with E-state index in [1.165, 1.54) is 49.2 Å². The minimum Gasteiger partial charge on any atom is -0.455 e. The third kappa shape index (κ3) is 5.19. The maximum absolute atomic E-state index is 6.86. The molecule has 0 aliphatic carbocycles. The summed E-state index contributed by atoms with van der Waals surface area (Å²) in [5, 5.41) is 4.47. The summed E-state index contributed by atoms with van der Waals surface area (Å²) in [7, 11) is 10.9. The van der Waals surface area contributed by atoms with Gasteiger partial charge in [0.1, 0.15) is 50.4 Å². The summed E-state index contributed by atoms with van der Waals surface area (Å²) in [6, 6.07) is 48.8. The highest BCUT2D eigenvalue weighted by molar-refractivity contribution is 6.68. The van der Waals surface area contributed by atoms with Gasteiger partial charge in [-0.1, -0.05) is 114 Å². The van der Waals surface area contributed by atoms with Gasteiger partial charge in [-0.2, -0.15) is 0 Å². The van der Waals surface area contributed by atoms with Crippen LogP contribution in [0.5, 0.6) is 0 Å². The summed E-state index contributed by atoms with van der Waals surface area (Å²) in [5.74, 6) is 1.87. The normalized spacial score (nSPS) is 11.6. The molecule has 0 spiro atoms. The van der Waals surface area contributed by atoms with Crippen LogP contribution in [0.1, 0.15) is 0 Å². The van der Waals surface area contributed by atoms with Gasteiger partial charge in [-0.25, -0.2) is 15.0 Å². The number of benzene rings is 7. The number of rotatable bonds is 5. The second-order valence-electron chi connectivity index (χ2n) is 14.6. The second kappa shape index (κ2) is 12.8. The molecule has 0 amide bonds. The lowest BCUT2D eigenvalue weighted by Gasteiger charge is -2.20. The first kappa shape index (κ1) is 33.1. The minimum absolute atomic E-state index is 0.579. The Balaban J connectivity index is 1.22. The minimum atomic E-state index is 0.579. The van der Waals surface area contributed by atoms with E-state index in [1.54, 1.807) is 0 Å². The van der Waals surface area contributed by atoms with E-state index in [1.807, 2.05) is 18.2 Å². The molecule has 55 heavy (non-hydrogen) atoms. The van der Waals surface area contributed by atoms with Crippen molar-refractivity contribution in [3.63, 3.8) is 0 Å². The molecular weight excluding hydrogens is 667 g/mol. The van der Waals surface area contributed by atoms with Gasteiger partial charge in [0.15, 0.2) is 17.5 Å². The topological polar surface area (TPSA) is 56.7 Å². The van der Waals surface area contributed by atoms with E-state index in [-0.39, 0.29) is 0 Å². The fourth-order valence-corrected chi connectivity index (χ4v) is 8.39. The number of furan rings is 1. The Labute approximate surface area is 323 Å². The Bertz CT molecular complexity index is 3130. The standard InChI is InChI=1S/C45H33B5N4O/c46-37-36(38(47)40(49)41(50)39(37)48)45-52-43(25-13-5-2-6-14-25)51-44(53-45)29-17-9-16-28-35-33(19-10-20-34(35)55-42(28)29)54-31-18-8-7-15-27(31)30-23-26(21-22-32(30)54)24-11-3-1-4-12-24/h1-23H,46-50H2. The Kier molecular flexibility index (Phi) is 7.70. The number of hydrogen-bond acceptors (Lipinski definition) is 4. The summed E-state index contributed by atoms with van der Waals surface area (Å²) in [6.07, 6.45) is 0. The quantitative estimate of drug-likeness (QED) is 0.260. The predicted molar refractivity (Wildman–Crippen MR) is 244 cm³/mol. The monoisotopic (exact) mass is 700 g/mol. The van der Waals surface area contributed by atoms with E-state index in [4.69, 9.17) is 19.4 Å². The Morgan fingerprint density at radius 2 is 1.04 bits per heavy atom. The molecular formula is C45H33B5N4O. The fraction of sp³-hybridized carbons (Fsp3) is 0. The average molecular weight is 700 g/mol. The average Bonchev–Trinajstić information content (AvgIpc) is 3.79. The molecule has 10 rings (SSSR count). The molecule has 0 radical (unpaired) electrons. The van der Waals surface area contributed by atoms with Crippen LogP contribution in [-0.4, -0.2) is 58.8 Å². The van der Waals surface area contributed by atoms with E-state index >= 15 is 0 Å². The number of nitrogens with zero attached hydrogens (tertiary/aromatic N) is 4.